The standard InChI is InChI=1S/C27H21NO5/c1-2-21(29)33-27-19-14-8-6-12-17(19)22(18-13-7-9-15-20(18)27)23(24(27)26(31)32)25(30)28-16-10-4-3-5-11-16/h2-15,22-24H,1H2,(H,28,30)(H,31,32). The molecular weight excluding hydrogens is 418 g/mol. The second-order valence-corrected chi connectivity index (χ2v) is 8.21. The highest BCUT2D eigenvalue weighted by molar-refractivity contribution is 5.98. The number of aliphatic carboxylic acids is 1. The number of nitrogens with one attached hydrogen (secondary N) is 1. The Balaban J connectivity index is 1.78. The Morgan fingerprint density at radius 2 is 1.42 bits per heavy atom. The van der Waals surface area contributed by atoms with Crippen molar-refractivity contribution in [3.05, 3.63) is 114 Å². The number of ether oxygens (including phenoxy) is 1. The molecule has 1 amide bonds. The van der Waals surface area contributed by atoms with Crippen LogP contribution in [0, 0.1) is 11.8 Å². The molecule has 6 rings (SSSR count). The van der Waals surface area contributed by atoms with E-state index in [1.807, 2.05) is 30.3 Å². The van der Waals surface area contributed by atoms with Gasteiger partial charge in [0, 0.05) is 28.8 Å². The Morgan fingerprint density at radius 3 is 1.97 bits per heavy atom. The molecule has 2 unspecified atom stereocenters. The number of carboxylic acid groups (broad SMARTS) is 1. The van der Waals surface area contributed by atoms with Crippen LogP contribution >= 0.6 is 0 Å². The molecule has 0 fully saturated rings. The molecule has 0 saturated carbocycles. The highest BCUT2D eigenvalue weighted by Gasteiger charge is 2.65. The molecule has 3 aromatic carbocycles. The van der Waals surface area contributed by atoms with Gasteiger partial charge < -0.3 is 15.2 Å². The van der Waals surface area contributed by atoms with E-state index in [2.05, 4.69) is 11.9 Å². The van der Waals surface area contributed by atoms with Gasteiger partial charge >= 0.3 is 11.9 Å². The van der Waals surface area contributed by atoms with Crippen LogP contribution < -0.4 is 5.32 Å². The van der Waals surface area contributed by atoms with Crippen molar-refractivity contribution in [3.63, 3.8) is 0 Å². The average molecular weight is 439 g/mol. The number of anilines is 1. The van der Waals surface area contributed by atoms with Gasteiger partial charge in [0.25, 0.3) is 0 Å². The largest absolute Gasteiger partial charge is 0.481 e. The lowest BCUT2D eigenvalue weighted by Crippen LogP contribution is -2.59. The van der Waals surface area contributed by atoms with Crippen molar-refractivity contribution >= 4 is 23.5 Å². The maximum absolute atomic E-state index is 13.7. The fourth-order valence-corrected chi connectivity index (χ4v) is 5.44. The molecule has 0 aromatic heterocycles. The van der Waals surface area contributed by atoms with Crippen molar-refractivity contribution in [1.82, 2.24) is 0 Å². The first kappa shape index (κ1) is 20.7. The molecule has 33 heavy (non-hydrogen) atoms. The molecular formula is C27H21NO5. The summed E-state index contributed by atoms with van der Waals surface area (Å²) in [4.78, 5) is 39.0. The number of benzene rings is 3. The molecule has 3 aromatic rings. The maximum atomic E-state index is 13.7. The topological polar surface area (TPSA) is 92.7 Å². The van der Waals surface area contributed by atoms with Crippen molar-refractivity contribution < 1.29 is 24.2 Å². The van der Waals surface area contributed by atoms with Gasteiger partial charge in [0.15, 0.2) is 5.60 Å². The number of esters is 1. The molecule has 3 aliphatic carbocycles. The molecule has 0 radical (unpaired) electrons. The quantitative estimate of drug-likeness (QED) is 0.462. The summed E-state index contributed by atoms with van der Waals surface area (Å²) < 4.78 is 5.95. The third-order valence-corrected chi connectivity index (χ3v) is 6.59. The summed E-state index contributed by atoms with van der Waals surface area (Å²) >= 11 is 0. The number of carbonyl (C=O) groups is 3. The zero-order chi connectivity index (χ0) is 23.2. The van der Waals surface area contributed by atoms with Gasteiger partial charge in [0.05, 0.1) is 5.92 Å². The van der Waals surface area contributed by atoms with Crippen LogP contribution in [0.5, 0.6) is 0 Å². The zero-order valence-corrected chi connectivity index (χ0v) is 17.6. The van der Waals surface area contributed by atoms with E-state index in [4.69, 9.17) is 4.74 Å². The molecule has 0 heterocycles. The number of carboxylic acids is 1. The van der Waals surface area contributed by atoms with Gasteiger partial charge in [-0.3, -0.25) is 9.59 Å². The number of hydrogen-bond donors (Lipinski definition) is 2. The highest BCUT2D eigenvalue weighted by Crippen LogP contribution is 2.62. The van der Waals surface area contributed by atoms with Gasteiger partial charge in [-0.25, -0.2) is 4.79 Å². The number of fused-ring (bicyclic) bond motifs is 1. The van der Waals surface area contributed by atoms with Gasteiger partial charge in [0.1, 0.15) is 5.92 Å². The summed E-state index contributed by atoms with van der Waals surface area (Å²) in [5.74, 6) is -5.26. The molecule has 0 aliphatic heterocycles. The Kier molecular flexibility index (Phi) is 4.86. The third kappa shape index (κ3) is 2.98. The van der Waals surface area contributed by atoms with Crippen LogP contribution in [-0.4, -0.2) is 23.0 Å². The minimum absolute atomic E-state index is 0.443. The number of para-hydroxylation sites is 1. The van der Waals surface area contributed by atoms with Crippen molar-refractivity contribution in [2.75, 3.05) is 5.32 Å². The summed E-state index contributed by atoms with van der Waals surface area (Å²) in [5.41, 5.74) is 1.61. The Bertz CT molecular complexity index is 1230. The van der Waals surface area contributed by atoms with E-state index in [1.54, 1.807) is 48.5 Å². The van der Waals surface area contributed by atoms with Crippen molar-refractivity contribution in [2.45, 2.75) is 11.5 Å². The second kappa shape index (κ2) is 7.74. The average Bonchev–Trinajstić information content (AvgIpc) is 2.84. The number of rotatable bonds is 5. The molecule has 0 saturated heterocycles. The molecule has 164 valence electrons. The first-order chi connectivity index (χ1) is 16.0. The van der Waals surface area contributed by atoms with E-state index in [0.29, 0.717) is 16.8 Å². The van der Waals surface area contributed by atoms with Crippen LogP contribution in [-0.2, 0) is 24.7 Å². The monoisotopic (exact) mass is 439 g/mol. The van der Waals surface area contributed by atoms with E-state index in [9.17, 15) is 19.5 Å². The molecule has 6 heteroatoms. The van der Waals surface area contributed by atoms with Crippen molar-refractivity contribution in [1.29, 1.82) is 0 Å². The summed E-state index contributed by atoms with van der Waals surface area (Å²) in [6.07, 6.45) is 1.01. The van der Waals surface area contributed by atoms with Crippen LogP contribution in [0.1, 0.15) is 28.2 Å². The molecule has 2 N–H and O–H groups in total. The molecule has 2 atom stereocenters. The Hall–Kier alpha value is -4.19. The first-order valence-corrected chi connectivity index (χ1v) is 10.6. The van der Waals surface area contributed by atoms with E-state index < -0.39 is 41.2 Å². The van der Waals surface area contributed by atoms with Crippen molar-refractivity contribution in [3.8, 4) is 0 Å². The second-order valence-electron chi connectivity index (χ2n) is 8.21. The summed E-state index contributed by atoms with van der Waals surface area (Å²) in [6.45, 7) is 3.49. The summed E-state index contributed by atoms with van der Waals surface area (Å²) in [5, 5.41) is 13.3. The van der Waals surface area contributed by atoms with E-state index in [-0.39, 0.29) is 0 Å². The molecule has 0 spiro atoms. The number of carbonyl (C=O) groups excluding carboxylic acids is 2. The van der Waals surface area contributed by atoms with Crippen LogP contribution in [0.4, 0.5) is 5.69 Å². The zero-order valence-electron chi connectivity index (χ0n) is 17.6. The summed E-state index contributed by atoms with van der Waals surface area (Å²) in [7, 11) is 0. The Labute approximate surface area is 190 Å². The molecule has 3 aliphatic rings. The molecule has 6 nitrogen and oxygen atoms in total. The van der Waals surface area contributed by atoms with Crippen molar-refractivity contribution in [2.24, 2.45) is 11.8 Å². The molecule has 2 bridgehead atoms. The summed E-state index contributed by atoms with van der Waals surface area (Å²) in [6, 6.07) is 23.4. The van der Waals surface area contributed by atoms with Crippen LogP contribution in [0.15, 0.2) is 91.5 Å². The fraction of sp³-hybridized carbons (Fsp3) is 0.148. The minimum atomic E-state index is -1.67. The van der Waals surface area contributed by atoms with Crippen LogP contribution in [0.2, 0.25) is 0 Å². The number of amides is 1. The minimum Gasteiger partial charge on any atom is -0.481 e. The maximum Gasteiger partial charge on any atom is 0.331 e. The van der Waals surface area contributed by atoms with Gasteiger partial charge in [-0.1, -0.05) is 73.3 Å². The van der Waals surface area contributed by atoms with Crippen LogP contribution in [0.3, 0.4) is 0 Å². The first-order valence-electron chi connectivity index (χ1n) is 10.6. The lowest BCUT2D eigenvalue weighted by atomic mass is 9.51. The lowest BCUT2D eigenvalue weighted by molar-refractivity contribution is -0.176. The van der Waals surface area contributed by atoms with E-state index >= 15 is 0 Å². The van der Waals surface area contributed by atoms with Gasteiger partial charge in [0.2, 0.25) is 5.91 Å². The normalized spacial score (nSPS) is 24.2. The van der Waals surface area contributed by atoms with Crippen LogP contribution in [0.25, 0.3) is 0 Å². The van der Waals surface area contributed by atoms with Gasteiger partial charge in [-0.2, -0.15) is 0 Å². The van der Waals surface area contributed by atoms with E-state index in [0.717, 1.165) is 17.2 Å². The third-order valence-electron chi connectivity index (χ3n) is 6.59. The smallest absolute Gasteiger partial charge is 0.331 e. The fourth-order valence-electron chi connectivity index (χ4n) is 5.44. The highest BCUT2D eigenvalue weighted by atomic mass is 16.6. The SMILES string of the molecule is C=CC(=O)OC12c3ccccc3C(c3ccccc31)C(C(=O)Nc1ccccc1)C2C(=O)O. The lowest BCUT2D eigenvalue weighted by Gasteiger charge is -2.54. The van der Waals surface area contributed by atoms with Gasteiger partial charge in [-0.15, -0.1) is 0 Å². The van der Waals surface area contributed by atoms with Gasteiger partial charge in [-0.05, 0) is 23.3 Å². The number of hydrogen-bond acceptors (Lipinski definition) is 4. The Morgan fingerprint density at radius 1 is 0.879 bits per heavy atom. The predicted molar refractivity (Wildman–Crippen MR) is 121 cm³/mol. The predicted octanol–water partition coefficient (Wildman–Crippen LogP) is 4.07. The van der Waals surface area contributed by atoms with E-state index in [1.165, 1.54) is 0 Å².